The van der Waals surface area contributed by atoms with Gasteiger partial charge in [-0.1, -0.05) is 6.07 Å². The average molecular weight is 320 g/mol. The molecule has 0 spiro atoms. The van der Waals surface area contributed by atoms with Gasteiger partial charge >= 0.3 is 0 Å². The maximum absolute atomic E-state index is 12.2. The van der Waals surface area contributed by atoms with Gasteiger partial charge in [0.25, 0.3) is 0 Å². The van der Waals surface area contributed by atoms with Crippen molar-refractivity contribution in [2.24, 2.45) is 0 Å². The molecule has 1 aliphatic heterocycles. The first-order valence-corrected chi connectivity index (χ1v) is 7.84. The summed E-state index contributed by atoms with van der Waals surface area (Å²) in [6.07, 6.45) is 2.42. The van der Waals surface area contributed by atoms with Crippen LogP contribution < -0.4 is 14.8 Å². The number of methoxy groups -OCH3 is 2. The summed E-state index contributed by atoms with van der Waals surface area (Å²) in [5, 5.41) is 2.92. The SMILES string of the molecule is COc1ccc(C(C)NC(=O)CN2CCCCC2=O)cc1OC. The van der Waals surface area contributed by atoms with Crippen molar-refractivity contribution in [3.63, 3.8) is 0 Å². The molecule has 0 aromatic heterocycles. The zero-order valence-corrected chi connectivity index (χ0v) is 13.9. The van der Waals surface area contributed by atoms with Crippen LogP contribution in [-0.2, 0) is 9.59 Å². The Morgan fingerprint density at radius 1 is 1.26 bits per heavy atom. The molecule has 23 heavy (non-hydrogen) atoms. The molecule has 2 amide bonds. The normalized spacial score (nSPS) is 16.0. The Bertz CT molecular complexity index is 574. The molecule has 0 bridgehead atoms. The Labute approximate surface area is 136 Å². The second kappa shape index (κ2) is 7.85. The molecule has 1 aliphatic rings. The smallest absolute Gasteiger partial charge is 0.240 e. The van der Waals surface area contributed by atoms with Gasteiger partial charge in [0, 0.05) is 13.0 Å². The molecule has 1 aromatic carbocycles. The summed E-state index contributed by atoms with van der Waals surface area (Å²) >= 11 is 0. The highest BCUT2D eigenvalue weighted by Crippen LogP contribution is 2.29. The first-order chi connectivity index (χ1) is 11.0. The van der Waals surface area contributed by atoms with E-state index in [4.69, 9.17) is 9.47 Å². The molecule has 126 valence electrons. The van der Waals surface area contributed by atoms with Crippen LogP contribution >= 0.6 is 0 Å². The largest absolute Gasteiger partial charge is 0.493 e. The highest BCUT2D eigenvalue weighted by Gasteiger charge is 2.21. The third-order valence-electron chi connectivity index (χ3n) is 4.04. The number of amides is 2. The Morgan fingerprint density at radius 2 is 2.00 bits per heavy atom. The first kappa shape index (κ1) is 17.1. The predicted molar refractivity (Wildman–Crippen MR) is 86.5 cm³/mol. The van der Waals surface area contributed by atoms with Crippen molar-refractivity contribution < 1.29 is 19.1 Å². The first-order valence-electron chi connectivity index (χ1n) is 7.84. The number of rotatable bonds is 6. The van der Waals surface area contributed by atoms with Crippen LogP contribution in [0.15, 0.2) is 18.2 Å². The fraction of sp³-hybridized carbons (Fsp3) is 0.529. The van der Waals surface area contributed by atoms with Gasteiger partial charge in [-0.05, 0) is 37.5 Å². The average Bonchev–Trinajstić information content (AvgIpc) is 2.56. The minimum atomic E-state index is -0.179. The highest BCUT2D eigenvalue weighted by atomic mass is 16.5. The van der Waals surface area contributed by atoms with Crippen molar-refractivity contribution in [2.45, 2.75) is 32.2 Å². The Kier molecular flexibility index (Phi) is 5.84. The summed E-state index contributed by atoms with van der Waals surface area (Å²) in [6, 6.07) is 5.36. The lowest BCUT2D eigenvalue weighted by Crippen LogP contribution is -2.43. The number of piperidine rings is 1. The van der Waals surface area contributed by atoms with Gasteiger partial charge in [0.2, 0.25) is 11.8 Å². The standard InChI is InChI=1S/C17H24N2O4/c1-12(13-7-8-14(22-2)15(10-13)23-3)18-16(20)11-19-9-5-4-6-17(19)21/h7-8,10,12H,4-6,9,11H2,1-3H3,(H,18,20). The molecule has 1 heterocycles. The van der Waals surface area contributed by atoms with Gasteiger partial charge in [-0.3, -0.25) is 9.59 Å². The zero-order valence-electron chi connectivity index (χ0n) is 13.9. The summed E-state index contributed by atoms with van der Waals surface area (Å²) in [4.78, 5) is 25.5. The minimum absolute atomic E-state index is 0.0603. The topological polar surface area (TPSA) is 67.9 Å². The van der Waals surface area contributed by atoms with Crippen LogP contribution in [0.1, 0.15) is 37.8 Å². The number of hydrogen-bond donors (Lipinski definition) is 1. The maximum Gasteiger partial charge on any atom is 0.240 e. The molecular weight excluding hydrogens is 296 g/mol. The number of nitrogens with one attached hydrogen (secondary N) is 1. The lowest BCUT2D eigenvalue weighted by molar-refractivity contribution is -0.138. The van der Waals surface area contributed by atoms with Crippen molar-refractivity contribution in [1.29, 1.82) is 0 Å². The maximum atomic E-state index is 12.2. The van der Waals surface area contributed by atoms with E-state index >= 15 is 0 Å². The molecule has 6 heteroatoms. The van der Waals surface area contributed by atoms with E-state index in [0.29, 0.717) is 24.5 Å². The summed E-state index contributed by atoms with van der Waals surface area (Å²) in [6.45, 7) is 2.69. The van der Waals surface area contributed by atoms with Gasteiger partial charge in [0.05, 0.1) is 26.8 Å². The van der Waals surface area contributed by atoms with Crippen LogP contribution in [0.3, 0.4) is 0 Å². The summed E-state index contributed by atoms with van der Waals surface area (Å²) in [7, 11) is 3.16. The lowest BCUT2D eigenvalue weighted by atomic mass is 10.1. The van der Waals surface area contributed by atoms with Gasteiger partial charge < -0.3 is 19.7 Å². The predicted octanol–water partition coefficient (Wildman–Crippen LogP) is 1.89. The van der Waals surface area contributed by atoms with E-state index in [0.717, 1.165) is 18.4 Å². The van der Waals surface area contributed by atoms with E-state index in [1.165, 1.54) is 0 Å². The van der Waals surface area contributed by atoms with Crippen LogP contribution in [0, 0.1) is 0 Å². The fourth-order valence-electron chi connectivity index (χ4n) is 2.69. The molecule has 1 aromatic rings. The second-order valence-corrected chi connectivity index (χ2v) is 5.68. The van der Waals surface area contributed by atoms with Crippen molar-refractivity contribution in [2.75, 3.05) is 27.3 Å². The number of benzene rings is 1. The minimum Gasteiger partial charge on any atom is -0.493 e. The van der Waals surface area contributed by atoms with Crippen LogP contribution in [0.2, 0.25) is 0 Å². The van der Waals surface area contributed by atoms with Crippen LogP contribution in [0.25, 0.3) is 0 Å². The van der Waals surface area contributed by atoms with E-state index in [1.54, 1.807) is 19.1 Å². The van der Waals surface area contributed by atoms with Gasteiger partial charge in [-0.25, -0.2) is 0 Å². The zero-order chi connectivity index (χ0) is 16.8. The van der Waals surface area contributed by atoms with Gasteiger partial charge in [-0.15, -0.1) is 0 Å². The van der Waals surface area contributed by atoms with E-state index in [-0.39, 0.29) is 24.4 Å². The van der Waals surface area contributed by atoms with Crippen molar-refractivity contribution in [1.82, 2.24) is 10.2 Å². The van der Waals surface area contributed by atoms with Crippen molar-refractivity contribution >= 4 is 11.8 Å². The summed E-state index contributed by atoms with van der Waals surface area (Å²) in [5.41, 5.74) is 0.918. The van der Waals surface area contributed by atoms with E-state index < -0.39 is 0 Å². The second-order valence-electron chi connectivity index (χ2n) is 5.68. The molecule has 0 saturated carbocycles. The molecule has 0 radical (unpaired) electrons. The number of likely N-dealkylation sites (tertiary alicyclic amines) is 1. The third-order valence-corrected chi connectivity index (χ3v) is 4.04. The molecule has 1 atom stereocenters. The molecule has 2 rings (SSSR count). The van der Waals surface area contributed by atoms with E-state index in [9.17, 15) is 9.59 Å². The van der Waals surface area contributed by atoms with Gasteiger partial charge in [0.1, 0.15) is 0 Å². The monoisotopic (exact) mass is 320 g/mol. The summed E-state index contributed by atoms with van der Waals surface area (Å²) in [5.74, 6) is 1.18. The van der Waals surface area contributed by atoms with Crippen LogP contribution in [-0.4, -0.2) is 44.0 Å². The van der Waals surface area contributed by atoms with E-state index in [2.05, 4.69) is 5.32 Å². The molecule has 1 N–H and O–H groups in total. The number of carbonyl (C=O) groups is 2. The van der Waals surface area contributed by atoms with Gasteiger partial charge in [-0.2, -0.15) is 0 Å². The van der Waals surface area contributed by atoms with Crippen LogP contribution in [0.5, 0.6) is 11.5 Å². The Hall–Kier alpha value is -2.24. The van der Waals surface area contributed by atoms with Crippen molar-refractivity contribution in [3.8, 4) is 11.5 Å². The fourth-order valence-corrected chi connectivity index (χ4v) is 2.69. The molecule has 1 unspecified atom stereocenters. The molecule has 6 nitrogen and oxygen atoms in total. The molecule has 1 saturated heterocycles. The quantitative estimate of drug-likeness (QED) is 0.869. The molecule has 1 fully saturated rings. The lowest BCUT2D eigenvalue weighted by Gasteiger charge is -2.26. The number of ether oxygens (including phenoxy) is 2. The Balaban J connectivity index is 1.96. The van der Waals surface area contributed by atoms with Crippen LogP contribution in [0.4, 0.5) is 0 Å². The molecular formula is C17H24N2O4. The summed E-state index contributed by atoms with van der Waals surface area (Å²) < 4.78 is 10.5. The number of carbonyl (C=O) groups excluding carboxylic acids is 2. The molecule has 0 aliphatic carbocycles. The van der Waals surface area contributed by atoms with Crippen molar-refractivity contribution in [3.05, 3.63) is 23.8 Å². The number of hydrogen-bond acceptors (Lipinski definition) is 4. The van der Waals surface area contributed by atoms with E-state index in [1.807, 2.05) is 25.1 Å². The highest BCUT2D eigenvalue weighted by molar-refractivity contribution is 5.85. The number of nitrogens with zero attached hydrogens (tertiary/aromatic N) is 1. The Morgan fingerprint density at radius 3 is 2.65 bits per heavy atom. The van der Waals surface area contributed by atoms with Gasteiger partial charge in [0.15, 0.2) is 11.5 Å². The third kappa shape index (κ3) is 4.37.